The largest absolute Gasteiger partial charge is 0.376 e. The summed E-state index contributed by atoms with van der Waals surface area (Å²) in [7, 11) is 1.77. The normalized spacial score (nSPS) is 18.4. The average molecular weight is 244 g/mol. The highest BCUT2D eigenvalue weighted by molar-refractivity contribution is 6.28. The number of hydrogen-bond acceptors (Lipinski definition) is 3. The second-order valence-electron chi connectivity index (χ2n) is 4.46. The predicted molar refractivity (Wildman–Crippen MR) is 62.6 cm³/mol. The van der Waals surface area contributed by atoms with Gasteiger partial charge in [-0.3, -0.25) is 4.57 Å². The van der Waals surface area contributed by atoms with E-state index in [1.54, 1.807) is 7.11 Å². The summed E-state index contributed by atoms with van der Waals surface area (Å²) >= 11 is 6.06. The standard InChI is InChI=1S/C11H18ClN3O/c1-3-5-9-13-14-10(12)15(9)8-11(16-2)6-4-7-11/h3-8H2,1-2H3. The van der Waals surface area contributed by atoms with Crippen LogP contribution in [0.1, 0.15) is 38.4 Å². The van der Waals surface area contributed by atoms with Gasteiger partial charge in [0, 0.05) is 13.5 Å². The first-order chi connectivity index (χ1) is 7.71. The van der Waals surface area contributed by atoms with Crippen LogP contribution in [0.15, 0.2) is 0 Å². The van der Waals surface area contributed by atoms with Gasteiger partial charge in [0.1, 0.15) is 5.82 Å². The van der Waals surface area contributed by atoms with E-state index in [1.165, 1.54) is 6.42 Å². The third kappa shape index (κ3) is 2.09. The monoisotopic (exact) mass is 243 g/mol. The van der Waals surface area contributed by atoms with Crippen molar-refractivity contribution in [2.75, 3.05) is 7.11 Å². The van der Waals surface area contributed by atoms with Crippen LogP contribution in [-0.2, 0) is 17.7 Å². The van der Waals surface area contributed by atoms with Gasteiger partial charge < -0.3 is 4.74 Å². The molecule has 4 nitrogen and oxygen atoms in total. The Labute approximate surface area is 101 Å². The highest BCUT2D eigenvalue weighted by atomic mass is 35.5. The number of halogens is 1. The zero-order chi connectivity index (χ0) is 11.6. The first-order valence-corrected chi connectivity index (χ1v) is 6.21. The highest BCUT2D eigenvalue weighted by Gasteiger charge is 2.38. The summed E-state index contributed by atoms with van der Waals surface area (Å²) in [5.41, 5.74) is -0.0332. The zero-order valence-electron chi connectivity index (χ0n) is 9.87. The summed E-state index contributed by atoms with van der Waals surface area (Å²) in [5, 5.41) is 8.52. The van der Waals surface area contributed by atoms with Crippen molar-refractivity contribution >= 4 is 11.6 Å². The third-order valence-electron chi connectivity index (χ3n) is 3.40. The van der Waals surface area contributed by atoms with Crippen molar-refractivity contribution in [3.05, 3.63) is 11.1 Å². The van der Waals surface area contributed by atoms with Gasteiger partial charge in [-0.2, -0.15) is 0 Å². The molecule has 1 aliphatic rings. The van der Waals surface area contributed by atoms with Crippen LogP contribution < -0.4 is 0 Å². The molecule has 90 valence electrons. The van der Waals surface area contributed by atoms with E-state index in [4.69, 9.17) is 16.3 Å². The van der Waals surface area contributed by atoms with Crippen molar-refractivity contribution in [1.29, 1.82) is 0 Å². The predicted octanol–water partition coefficient (Wildman–Crippen LogP) is 2.45. The first kappa shape index (κ1) is 11.9. The fraction of sp³-hybridized carbons (Fsp3) is 0.818. The molecule has 0 unspecified atom stereocenters. The fourth-order valence-corrected chi connectivity index (χ4v) is 2.36. The van der Waals surface area contributed by atoms with Crippen LogP contribution >= 0.6 is 11.6 Å². The summed E-state index contributed by atoms with van der Waals surface area (Å²) < 4.78 is 7.59. The maximum absolute atomic E-state index is 6.06. The second-order valence-corrected chi connectivity index (χ2v) is 4.80. The molecular formula is C11H18ClN3O. The molecule has 0 amide bonds. The Morgan fingerprint density at radius 1 is 1.44 bits per heavy atom. The summed E-state index contributed by atoms with van der Waals surface area (Å²) in [6.07, 6.45) is 5.40. The van der Waals surface area contributed by atoms with Crippen LogP contribution in [0.25, 0.3) is 0 Å². The Kier molecular flexibility index (Phi) is 3.50. The topological polar surface area (TPSA) is 39.9 Å². The molecule has 0 radical (unpaired) electrons. The molecule has 0 atom stereocenters. The van der Waals surface area contributed by atoms with Gasteiger partial charge in [0.25, 0.3) is 0 Å². The number of rotatable bonds is 5. The minimum absolute atomic E-state index is 0.0332. The molecule has 0 aliphatic heterocycles. The van der Waals surface area contributed by atoms with E-state index in [0.29, 0.717) is 5.28 Å². The lowest BCUT2D eigenvalue weighted by atomic mass is 9.80. The number of aromatic nitrogens is 3. The maximum atomic E-state index is 6.06. The van der Waals surface area contributed by atoms with Gasteiger partial charge in [-0.1, -0.05) is 6.92 Å². The van der Waals surface area contributed by atoms with Crippen LogP contribution in [0, 0.1) is 0 Å². The molecule has 1 aliphatic carbocycles. The molecule has 0 aromatic carbocycles. The quantitative estimate of drug-likeness (QED) is 0.798. The summed E-state index contributed by atoms with van der Waals surface area (Å²) in [4.78, 5) is 0. The molecule has 5 heteroatoms. The van der Waals surface area contributed by atoms with E-state index in [-0.39, 0.29) is 5.60 Å². The van der Waals surface area contributed by atoms with Crippen LogP contribution in [0.2, 0.25) is 5.28 Å². The summed E-state index contributed by atoms with van der Waals surface area (Å²) in [6, 6.07) is 0. The molecule has 0 spiro atoms. The van der Waals surface area contributed by atoms with Crippen molar-refractivity contribution < 1.29 is 4.74 Å². The zero-order valence-corrected chi connectivity index (χ0v) is 10.6. The smallest absolute Gasteiger partial charge is 0.225 e. The molecule has 1 aromatic rings. The number of ether oxygens (including phenoxy) is 1. The molecule has 0 N–H and O–H groups in total. The van der Waals surface area contributed by atoms with Gasteiger partial charge in [-0.25, -0.2) is 0 Å². The van der Waals surface area contributed by atoms with Crippen LogP contribution in [0.5, 0.6) is 0 Å². The SMILES string of the molecule is CCCc1nnc(Cl)n1CC1(OC)CCC1. The Bertz CT molecular complexity index is 355. The summed E-state index contributed by atoms with van der Waals surface area (Å²) in [5.74, 6) is 0.968. The highest BCUT2D eigenvalue weighted by Crippen LogP contribution is 2.37. The van der Waals surface area contributed by atoms with Gasteiger partial charge in [0.05, 0.1) is 12.1 Å². The van der Waals surface area contributed by atoms with Crippen molar-refractivity contribution in [2.45, 2.75) is 51.2 Å². The molecule has 0 bridgehead atoms. The first-order valence-electron chi connectivity index (χ1n) is 5.83. The minimum atomic E-state index is -0.0332. The molecule has 1 aromatic heterocycles. The van der Waals surface area contributed by atoms with Crippen molar-refractivity contribution in [3.8, 4) is 0 Å². The lowest BCUT2D eigenvalue weighted by Gasteiger charge is -2.40. The van der Waals surface area contributed by atoms with E-state index in [2.05, 4.69) is 17.1 Å². The van der Waals surface area contributed by atoms with Crippen molar-refractivity contribution in [3.63, 3.8) is 0 Å². The van der Waals surface area contributed by atoms with E-state index in [9.17, 15) is 0 Å². The van der Waals surface area contributed by atoms with Crippen molar-refractivity contribution in [1.82, 2.24) is 14.8 Å². The van der Waals surface area contributed by atoms with Crippen LogP contribution in [0.4, 0.5) is 0 Å². The molecule has 1 saturated carbocycles. The number of aryl methyl sites for hydroxylation is 1. The van der Waals surface area contributed by atoms with Gasteiger partial charge in [0.2, 0.25) is 5.28 Å². The Hall–Kier alpha value is -0.610. The Balaban J connectivity index is 2.16. The molecule has 1 fully saturated rings. The second kappa shape index (κ2) is 4.72. The van der Waals surface area contributed by atoms with Gasteiger partial charge in [0.15, 0.2) is 0 Å². The van der Waals surface area contributed by atoms with E-state index in [1.807, 2.05) is 4.57 Å². The van der Waals surface area contributed by atoms with Crippen LogP contribution in [0.3, 0.4) is 0 Å². The van der Waals surface area contributed by atoms with E-state index in [0.717, 1.165) is 38.1 Å². The lowest BCUT2D eigenvalue weighted by Crippen LogP contribution is -2.43. The summed E-state index contributed by atoms with van der Waals surface area (Å²) in [6.45, 7) is 2.91. The molecule has 0 saturated heterocycles. The number of methoxy groups -OCH3 is 1. The molecule has 1 heterocycles. The average Bonchev–Trinajstić information content (AvgIpc) is 2.55. The van der Waals surface area contributed by atoms with Gasteiger partial charge in [-0.15, -0.1) is 10.2 Å². The minimum Gasteiger partial charge on any atom is -0.376 e. The van der Waals surface area contributed by atoms with Crippen molar-refractivity contribution in [2.24, 2.45) is 0 Å². The number of nitrogens with zero attached hydrogens (tertiary/aromatic N) is 3. The molecule has 16 heavy (non-hydrogen) atoms. The van der Waals surface area contributed by atoms with E-state index < -0.39 is 0 Å². The molecule has 2 rings (SSSR count). The van der Waals surface area contributed by atoms with E-state index >= 15 is 0 Å². The Morgan fingerprint density at radius 3 is 2.69 bits per heavy atom. The fourth-order valence-electron chi connectivity index (χ4n) is 2.16. The molecular weight excluding hydrogens is 226 g/mol. The van der Waals surface area contributed by atoms with Crippen LogP contribution in [-0.4, -0.2) is 27.5 Å². The van der Waals surface area contributed by atoms with Gasteiger partial charge in [-0.05, 0) is 37.3 Å². The lowest BCUT2D eigenvalue weighted by molar-refractivity contribution is -0.0839. The third-order valence-corrected chi connectivity index (χ3v) is 3.68. The Morgan fingerprint density at radius 2 is 2.19 bits per heavy atom. The number of hydrogen-bond donors (Lipinski definition) is 0. The maximum Gasteiger partial charge on any atom is 0.225 e. The van der Waals surface area contributed by atoms with Gasteiger partial charge >= 0.3 is 0 Å².